The van der Waals surface area contributed by atoms with Gasteiger partial charge < -0.3 is 13.7 Å². The maximum Gasteiger partial charge on any atom is 0.247 e. The van der Waals surface area contributed by atoms with Crippen LogP contribution in [-0.4, -0.2) is 19.9 Å². The van der Waals surface area contributed by atoms with Gasteiger partial charge in [0.15, 0.2) is 0 Å². The molecule has 0 aliphatic rings. The minimum Gasteiger partial charge on any atom is -0.418 e. The van der Waals surface area contributed by atoms with Crippen LogP contribution in [0.3, 0.4) is 0 Å². The van der Waals surface area contributed by atoms with Gasteiger partial charge in [-0.3, -0.25) is 0 Å². The first-order chi connectivity index (χ1) is 23.3. The first-order valence-electron chi connectivity index (χ1n) is 15.3. The fraction of sp³-hybridized carbons (Fsp3) is 0. The number of benzene rings is 5. The molecular weight excluding hydrogens is 582 g/mol. The van der Waals surface area contributed by atoms with Crippen molar-refractivity contribution in [3.63, 3.8) is 0 Å². The van der Waals surface area contributed by atoms with E-state index in [1.54, 1.807) is 12.4 Å². The zero-order valence-corrected chi connectivity index (χ0v) is 25.0. The summed E-state index contributed by atoms with van der Waals surface area (Å²) in [6.45, 7) is 0. The van der Waals surface area contributed by atoms with Gasteiger partial charge in [-0.15, -0.1) is 0 Å². The zero-order valence-electron chi connectivity index (χ0n) is 25.0. The second-order valence-corrected chi connectivity index (χ2v) is 11.2. The van der Waals surface area contributed by atoms with E-state index in [2.05, 4.69) is 116 Å². The molecule has 0 saturated heterocycles. The van der Waals surface area contributed by atoms with Crippen LogP contribution in [0.2, 0.25) is 0 Å². The van der Waals surface area contributed by atoms with Crippen LogP contribution >= 0.6 is 0 Å². The van der Waals surface area contributed by atoms with Crippen molar-refractivity contribution in [2.45, 2.75) is 0 Å². The van der Waals surface area contributed by atoms with Crippen LogP contribution < -0.4 is 4.90 Å². The fourth-order valence-electron chi connectivity index (χ4n) is 6.01. The molecule has 222 valence electrons. The van der Waals surface area contributed by atoms with Crippen LogP contribution in [0.4, 0.5) is 17.1 Å². The van der Waals surface area contributed by atoms with Gasteiger partial charge in [-0.05, 0) is 107 Å². The largest absolute Gasteiger partial charge is 0.418 e. The summed E-state index contributed by atoms with van der Waals surface area (Å²) >= 11 is 0. The highest BCUT2D eigenvalue weighted by Crippen LogP contribution is 2.38. The molecule has 0 aliphatic heterocycles. The van der Waals surface area contributed by atoms with Crippen molar-refractivity contribution in [1.29, 1.82) is 0 Å². The van der Waals surface area contributed by atoms with Gasteiger partial charge in [0.05, 0.1) is 0 Å². The van der Waals surface area contributed by atoms with Crippen molar-refractivity contribution >= 4 is 50.3 Å². The van der Waals surface area contributed by atoms with E-state index in [0.717, 1.165) is 44.8 Å². The quantitative estimate of drug-likeness (QED) is 0.186. The Morgan fingerprint density at radius 2 is 0.915 bits per heavy atom. The van der Waals surface area contributed by atoms with E-state index in [1.165, 1.54) is 16.3 Å². The lowest BCUT2D eigenvalue weighted by atomic mass is 9.98. The Morgan fingerprint density at radius 1 is 0.426 bits per heavy atom. The van der Waals surface area contributed by atoms with Crippen LogP contribution in [0.15, 0.2) is 161 Å². The molecule has 0 N–H and O–H groups in total. The zero-order chi connectivity index (χ0) is 31.2. The Labute approximate surface area is 269 Å². The highest BCUT2D eigenvalue weighted by molar-refractivity contribution is 5.97. The maximum absolute atomic E-state index is 5.93. The lowest BCUT2D eigenvalue weighted by Crippen LogP contribution is -2.09. The predicted octanol–water partition coefficient (Wildman–Crippen LogP) is 10.4. The van der Waals surface area contributed by atoms with Gasteiger partial charge in [-0.2, -0.15) is 0 Å². The van der Waals surface area contributed by atoms with Gasteiger partial charge in [-0.1, -0.05) is 54.6 Å². The van der Waals surface area contributed by atoms with Crippen LogP contribution in [-0.2, 0) is 0 Å². The molecule has 0 saturated carbocycles. The summed E-state index contributed by atoms with van der Waals surface area (Å²) in [7, 11) is 0. The van der Waals surface area contributed by atoms with Crippen molar-refractivity contribution in [3.8, 4) is 34.0 Å². The van der Waals surface area contributed by atoms with Gasteiger partial charge >= 0.3 is 0 Å². The van der Waals surface area contributed by atoms with Gasteiger partial charge in [-0.25, -0.2) is 19.9 Å². The number of fused-ring (bicyclic) bond motifs is 3. The summed E-state index contributed by atoms with van der Waals surface area (Å²) in [6, 6.07) is 47.5. The molecular formula is C40H25N5O2. The molecule has 0 fully saturated rings. The summed E-state index contributed by atoms with van der Waals surface area (Å²) in [6.07, 6.45) is 3.41. The van der Waals surface area contributed by atoms with E-state index in [1.807, 2.05) is 48.5 Å². The summed E-state index contributed by atoms with van der Waals surface area (Å²) in [4.78, 5) is 20.1. The number of hydrogen-bond acceptors (Lipinski definition) is 7. The molecule has 9 rings (SSSR count). The molecule has 9 aromatic rings. The lowest BCUT2D eigenvalue weighted by Gasteiger charge is -2.26. The third-order valence-corrected chi connectivity index (χ3v) is 8.30. The Hall–Kier alpha value is -6.60. The number of nitrogens with zero attached hydrogens (tertiary/aromatic N) is 5. The first-order valence-corrected chi connectivity index (χ1v) is 15.3. The molecule has 0 radical (unpaired) electrons. The van der Waals surface area contributed by atoms with E-state index in [4.69, 9.17) is 8.83 Å². The van der Waals surface area contributed by atoms with E-state index in [0.29, 0.717) is 23.2 Å². The van der Waals surface area contributed by atoms with Crippen LogP contribution in [0.5, 0.6) is 0 Å². The fourth-order valence-corrected chi connectivity index (χ4v) is 6.01. The highest BCUT2D eigenvalue weighted by atomic mass is 16.4. The van der Waals surface area contributed by atoms with Gasteiger partial charge in [0, 0.05) is 40.6 Å². The Bertz CT molecular complexity index is 2330. The predicted molar refractivity (Wildman–Crippen MR) is 186 cm³/mol. The molecule has 0 amide bonds. The normalized spacial score (nSPS) is 11.4. The van der Waals surface area contributed by atoms with E-state index in [-0.39, 0.29) is 0 Å². The van der Waals surface area contributed by atoms with Gasteiger partial charge in [0.1, 0.15) is 11.0 Å². The van der Waals surface area contributed by atoms with Crippen molar-refractivity contribution < 1.29 is 8.83 Å². The van der Waals surface area contributed by atoms with Crippen LogP contribution in [0, 0.1) is 0 Å². The molecule has 0 atom stereocenters. The third kappa shape index (κ3) is 4.87. The standard InChI is InChI=1S/C40H25N5O2/c1-2-8-33-26(6-1)7-3-9-34(33)27-12-18-30(19-13-27)45(31-20-14-28(15-21-31)37-43-35-10-4-24-41-39(35)46-37)32-22-16-29(17-23-32)38-44-36-11-5-25-42-40(36)47-38/h1-25H. The number of hydrogen-bond donors (Lipinski definition) is 0. The summed E-state index contributed by atoms with van der Waals surface area (Å²) in [5.74, 6) is 1.07. The van der Waals surface area contributed by atoms with Crippen LogP contribution in [0.1, 0.15) is 0 Å². The summed E-state index contributed by atoms with van der Waals surface area (Å²) in [5, 5.41) is 2.45. The molecule has 0 unspecified atom stereocenters. The molecule has 5 aromatic carbocycles. The molecule has 7 nitrogen and oxygen atoms in total. The average Bonchev–Trinajstić information content (AvgIpc) is 3.78. The maximum atomic E-state index is 5.93. The van der Waals surface area contributed by atoms with E-state index in [9.17, 15) is 0 Å². The third-order valence-electron chi connectivity index (χ3n) is 8.30. The Morgan fingerprint density at radius 3 is 1.45 bits per heavy atom. The average molecular weight is 608 g/mol. The highest BCUT2D eigenvalue weighted by Gasteiger charge is 2.16. The van der Waals surface area contributed by atoms with Crippen molar-refractivity contribution in [2.24, 2.45) is 0 Å². The summed E-state index contributed by atoms with van der Waals surface area (Å²) in [5.41, 5.74) is 9.61. The molecule has 0 bridgehead atoms. The van der Waals surface area contributed by atoms with Crippen molar-refractivity contribution in [2.75, 3.05) is 4.90 Å². The number of oxazole rings is 2. The first kappa shape index (κ1) is 26.8. The molecule has 47 heavy (non-hydrogen) atoms. The molecule has 0 spiro atoms. The second-order valence-electron chi connectivity index (χ2n) is 11.2. The molecule has 4 aromatic heterocycles. The molecule has 7 heteroatoms. The smallest absolute Gasteiger partial charge is 0.247 e. The van der Waals surface area contributed by atoms with E-state index >= 15 is 0 Å². The summed E-state index contributed by atoms with van der Waals surface area (Å²) < 4.78 is 11.9. The number of rotatable bonds is 6. The van der Waals surface area contributed by atoms with Gasteiger partial charge in [0.25, 0.3) is 0 Å². The lowest BCUT2D eigenvalue weighted by molar-refractivity contribution is 0.607. The van der Waals surface area contributed by atoms with E-state index < -0.39 is 0 Å². The van der Waals surface area contributed by atoms with Crippen LogP contribution in [0.25, 0.3) is 67.3 Å². The van der Waals surface area contributed by atoms with Crippen molar-refractivity contribution in [1.82, 2.24) is 19.9 Å². The van der Waals surface area contributed by atoms with Crippen molar-refractivity contribution in [3.05, 3.63) is 152 Å². The topological polar surface area (TPSA) is 81.1 Å². The number of anilines is 3. The number of pyridine rings is 2. The Kier molecular flexibility index (Phi) is 6.31. The second kappa shape index (κ2) is 11.1. The molecule has 0 aliphatic carbocycles. The minimum atomic E-state index is 0.523. The monoisotopic (exact) mass is 607 g/mol. The van der Waals surface area contributed by atoms with Gasteiger partial charge in [0.2, 0.25) is 23.2 Å². The Balaban J connectivity index is 1.10. The molecule has 4 heterocycles. The number of aromatic nitrogens is 4. The minimum absolute atomic E-state index is 0.523. The SMILES string of the molecule is c1ccc2c(-c3ccc(N(c4ccc(-c5nc6cccnc6o5)cc4)c4ccc(-c5nc6cccnc6o5)cc4)cc3)cccc2c1.